The molecule has 1 unspecified atom stereocenters. The van der Waals surface area contributed by atoms with Crippen molar-refractivity contribution in [3.8, 4) is 0 Å². The highest BCUT2D eigenvalue weighted by Gasteiger charge is 2.29. The minimum Gasteiger partial charge on any atom is -0.332 e. The van der Waals surface area contributed by atoms with Crippen LogP contribution in [0.25, 0.3) is 0 Å². The predicted octanol–water partition coefficient (Wildman–Crippen LogP) is 0.777. The van der Waals surface area contributed by atoms with E-state index in [1.807, 2.05) is 0 Å². The van der Waals surface area contributed by atoms with Gasteiger partial charge in [-0.1, -0.05) is 18.2 Å². The fourth-order valence-corrected chi connectivity index (χ4v) is 2.35. The molecule has 1 fully saturated rings. The topological polar surface area (TPSA) is 52.7 Å². The molecule has 1 aliphatic rings. The second kappa shape index (κ2) is 6.67. The summed E-state index contributed by atoms with van der Waals surface area (Å²) in [5.41, 5.74) is 0.404. The first-order valence-electron chi connectivity index (χ1n) is 7.03. The van der Waals surface area contributed by atoms with Gasteiger partial charge in [-0.25, -0.2) is 4.39 Å². The van der Waals surface area contributed by atoms with Crippen LogP contribution in [0.1, 0.15) is 18.5 Å². The van der Waals surface area contributed by atoms with Crippen molar-refractivity contribution < 1.29 is 14.0 Å². The number of carbonyl (C=O) groups excluding carboxylic acids is 2. The minimum atomic E-state index is -0.604. The number of hydrogen-bond donors (Lipinski definition) is 1. The van der Waals surface area contributed by atoms with Gasteiger partial charge in [-0.3, -0.25) is 9.59 Å². The molecule has 0 saturated carbocycles. The summed E-state index contributed by atoms with van der Waals surface area (Å²) >= 11 is 0. The van der Waals surface area contributed by atoms with E-state index >= 15 is 0 Å². The van der Waals surface area contributed by atoms with E-state index in [1.165, 1.54) is 22.9 Å². The molecule has 0 aliphatic carbocycles. The summed E-state index contributed by atoms with van der Waals surface area (Å²) in [6.07, 6.45) is 0. The average Bonchev–Trinajstić information content (AvgIpc) is 2.53. The van der Waals surface area contributed by atoms with Crippen LogP contribution in [0.2, 0.25) is 0 Å². The van der Waals surface area contributed by atoms with Crippen molar-refractivity contribution in [1.29, 1.82) is 0 Å². The number of nitrogens with zero attached hydrogens (tertiary/aromatic N) is 2. The molecule has 1 aromatic carbocycles. The fraction of sp³-hybridized carbons (Fsp3) is 0.467. The molecular formula is C15H20FN3O2. The Morgan fingerprint density at radius 3 is 2.52 bits per heavy atom. The normalized spacial score (nSPS) is 16.4. The Hall–Kier alpha value is -1.95. The summed E-state index contributed by atoms with van der Waals surface area (Å²) in [5, 5.41) is 3.13. The molecule has 21 heavy (non-hydrogen) atoms. The molecule has 1 aliphatic heterocycles. The van der Waals surface area contributed by atoms with Gasteiger partial charge in [0.2, 0.25) is 0 Å². The maximum Gasteiger partial charge on any atom is 0.312 e. The minimum absolute atomic E-state index is 0.376. The number of benzene rings is 1. The van der Waals surface area contributed by atoms with E-state index in [2.05, 4.69) is 5.32 Å². The standard InChI is InChI=1S/C15H20FN3O2/c1-11(12-5-3-4-6-13(12)16)18(2)14(20)15(21)19-9-7-17-8-10-19/h3-6,11,17H,7-10H2,1-2H3. The van der Waals surface area contributed by atoms with E-state index in [0.29, 0.717) is 31.7 Å². The molecule has 2 rings (SSSR count). The second-order valence-corrected chi connectivity index (χ2v) is 5.16. The first-order valence-corrected chi connectivity index (χ1v) is 7.03. The largest absolute Gasteiger partial charge is 0.332 e. The number of likely N-dealkylation sites (N-methyl/N-ethyl adjacent to an activating group) is 1. The Bertz CT molecular complexity index is 529. The van der Waals surface area contributed by atoms with Crippen molar-refractivity contribution >= 4 is 11.8 Å². The molecule has 0 spiro atoms. The Balaban J connectivity index is 2.08. The number of nitrogens with one attached hydrogen (secondary N) is 1. The van der Waals surface area contributed by atoms with Crippen molar-refractivity contribution in [3.63, 3.8) is 0 Å². The Kier molecular flexibility index (Phi) is 4.90. The molecule has 0 radical (unpaired) electrons. The molecule has 2 amide bonds. The van der Waals surface area contributed by atoms with Crippen LogP contribution in [-0.2, 0) is 9.59 Å². The molecule has 5 nitrogen and oxygen atoms in total. The predicted molar refractivity (Wildman–Crippen MR) is 77.0 cm³/mol. The molecule has 1 N–H and O–H groups in total. The summed E-state index contributed by atoms with van der Waals surface area (Å²) < 4.78 is 13.8. The zero-order valence-corrected chi connectivity index (χ0v) is 12.3. The van der Waals surface area contributed by atoms with Gasteiger partial charge in [0.25, 0.3) is 0 Å². The van der Waals surface area contributed by atoms with E-state index in [0.717, 1.165) is 0 Å². The number of piperazine rings is 1. The maximum absolute atomic E-state index is 13.8. The average molecular weight is 293 g/mol. The summed E-state index contributed by atoms with van der Waals surface area (Å²) in [7, 11) is 1.53. The van der Waals surface area contributed by atoms with Gasteiger partial charge in [0, 0.05) is 38.8 Å². The number of carbonyl (C=O) groups is 2. The van der Waals surface area contributed by atoms with Crippen molar-refractivity contribution in [2.45, 2.75) is 13.0 Å². The Labute approximate surface area is 123 Å². The van der Waals surface area contributed by atoms with Crippen LogP contribution < -0.4 is 5.32 Å². The summed E-state index contributed by atoms with van der Waals surface area (Å²) in [4.78, 5) is 27.3. The third-order valence-electron chi connectivity index (χ3n) is 3.84. The lowest BCUT2D eigenvalue weighted by molar-refractivity contribution is -0.152. The third-order valence-corrected chi connectivity index (χ3v) is 3.84. The van der Waals surface area contributed by atoms with Crippen molar-refractivity contribution in [1.82, 2.24) is 15.1 Å². The highest BCUT2D eigenvalue weighted by Crippen LogP contribution is 2.21. The van der Waals surface area contributed by atoms with Gasteiger partial charge in [0.1, 0.15) is 5.82 Å². The SMILES string of the molecule is CC(c1ccccc1F)N(C)C(=O)C(=O)N1CCNCC1. The Morgan fingerprint density at radius 1 is 1.29 bits per heavy atom. The van der Waals surface area contributed by atoms with Gasteiger partial charge < -0.3 is 15.1 Å². The van der Waals surface area contributed by atoms with Crippen LogP contribution in [-0.4, -0.2) is 54.8 Å². The summed E-state index contributed by atoms with van der Waals surface area (Å²) in [6, 6.07) is 5.79. The van der Waals surface area contributed by atoms with E-state index < -0.39 is 17.9 Å². The van der Waals surface area contributed by atoms with E-state index in [1.54, 1.807) is 25.1 Å². The zero-order valence-electron chi connectivity index (χ0n) is 12.3. The van der Waals surface area contributed by atoms with Gasteiger partial charge in [-0.2, -0.15) is 0 Å². The number of amides is 2. The Morgan fingerprint density at radius 2 is 1.90 bits per heavy atom. The molecule has 1 heterocycles. The highest BCUT2D eigenvalue weighted by atomic mass is 19.1. The first kappa shape index (κ1) is 15.4. The first-order chi connectivity index (χ1) is 10.0. The summed E-state index contributed by atoms with van der Waals surface area (Å²) in [6.45, 7) is 4.12. The third kappa shape index (κ3) is 3.39. The van der Waals surface area contributed by atoms with Crippen LogP contribution in [0.15, 0.2) is 24.3 Å². The number of rotatable bonds is 2. The van der Waals surface area contributed by atoms with Crippen molar-refractivity contribution in [2.24, 2.45) is 0 Å². The van der Waals surface area contributed by atoms with Gasteiger partial charge >= 0.3 is 11.8 Å². The zero-order chi connectivity index (χ0) is 15.4. The van der Waals surface area contributed by atoms with Gasteiger partial charge in [-0.05, 0) is 13.0 Å². The van der Waals surface area contributed by atoms with Crippen molar-refractivity contribution in [3.05, 3.63) is 35.6 Å². The molecule has 0 aromatic heterocycles. The lowest BCUT2D eigenvalue weighted by atomic mass is 10.1. The lowest BCUT2D eigenvalue weighted by Crippen LogP contribution is -2.51. The van der Waals surface area contributed by atoms with Crippen LogP contribution >= 0.6 is 0 Å². The molecular weight excluding hydrogens is 273 g/mol. The monoisotopic (exact) mass is 293 g/mol. The molecule has 6 heteroatoms. The van der Waals surface area contributed by atoms with Gasteiger partial charge in [-0.15, -0.1) is 0 Å². The van der Waals surface area contributed by atoms with Crippen LogP contribution in [0.4, 0.5) is 4.39 Å². The highest BCUT2D eigenvalue weighted by molar-refractivity contribution is 6.34. The van der Waals surface area contributed by atoms with E-state index in [4.69, 9.17) is 0 Å². The van der Waals surface area contributed by atoms with Gasteiger partial charge in [0.05, 0.1) is 6.04 Å². The van der Waals surface area contributed by atoms with E-state index in [9.17, 15) is 14.0 Å². The second-order valence-electron chi connectivity index (χ2n) is 5.16. The number of hydrogen-bond acceptors (Lipinski definition) is 3. The quantitative estimate of drug-likeness (QED) is 0.820. The van der Waals surface area contributed by atoms with Crippen LogP contribution in [0.5, 0.6) is 0 Å². The molecule has 1 aromatic rings. The molecule has 114 valence electrons. The molecule has 1 atom stereocenters. The maximum atomic E-state index is 13.8. The molecule has 1 saturated heterocycles. The number of halogens is 1. The smallest absolute Gasteiger partial charge is 0.312 e. The fourth-order valence-electron chi connectivity index (χ4n) is 2.35. The summed E-state index contributed by atoms with van der Waals surface area (Å²) in [5.74, 6) is -1.51. The van der Waals surface area contributed by atoms with Crippen LogP contribution in [0, 0.1) is 5.82 Å². The van der Waals surface area contributed by atoms with Crippen molar-refractivity contribution in [2.75, 3.05) is 33.2 Å². The lowest BCUT2D eigenvalue weighted by Gasteiger charge is -2.30. The molecule has 0 bridgehead atoms. The van der Waals surface area contributed by atoms with Crippen LogP contribution in [0.3, 0.4) is 0 Å². The van der Waals surface area contributed by atoms with Gasteiger partial charge in [0.15, 0.2) is 0 Å². The van der Waals surface area contributed by atoms with E-state index in [-0.39, 0.29) is 5.82 Å².